The Morgan fingerprint density at radius 2 is 1.71 bits per heavy atom. The summed E-state index contributed by atoms with van der Waals surface area (Å²) in [6.45, 7) is 9.48. The van der Waals surface area contributed by atoms with Crippen molar-refractivity contribution in [3.05, 3.63) is 23.9 Å². The van der Waals surface area contributed by atoms with Gasteiger partial charge in [-0.2, -0.15) is 8.78 Å². The van der Waals surface area contributed by atoms with Gasteiger partial charge in [-0.15, -0.1) is 0 Å². The van der Waals surface area contributed by atoms with Gasteiger partial charge in [-0.05, 0) is 81.3 Å². The van der Waals surface area contributed by atoms with E-state index in [1.54, 1.807) is 26.8 Å². The number of amides is 4. The molecule has 3 saturated carbocycles. The van der Waals surface area contributed by atoms with E-state index < -0.39 is 129 Å². The second-order valence-electron chi connectivity index (χ2n) is 19.2. The van der Waals surface area contributed by atoms with Crippen LogP contribution in [-0.2, 0) is 35.1 Å². The highest BCUT2D eigenvalue weighted by Gasteiger charge is 2.68. The maximum absolute atomic E-state index is 16.5. The molecule has 0 radical (unpaired) electrons. The van der Waals surface area contributed by atoms with E-state index in [0.717, 1.165) is 11.3 Å². The minimum absolute atomic E-state index is 0.0862. The van der Waals surface area contributed by atoms with Crippen molar-refractivity contribution in [3.8, 4) is 11.6 Å². The fourth-order valence-corrected chi connectivity index (χ4v) is 10.5. The van der Waals surface area contributed by atoms with Crippen molar-refractivity contribution in [2.45, 2.75) is 146 Å². The van der Waals surface area contributed by atoms with E-state index in [2.05, 4.69) is 20.6 Å². The molecule has 7 rings (SSSR count). The van der Waals surface area contributed by atoms with Gasteiger partial charge in [0.05, 0.1) is 35.4 Å². The predicted molar refractivity (Wildman–Crippen MR) is 216 cm³/mol. The minimum atomic E-state index is -4.32. The third-order valence-corrected chi connectivity index (χ3v) is 15.9. The van der Waals surface area contributed by atoms with Crippen LogP contribution in [0.5, 0.6) is 11.6 Å². The fraction of sp³-hybridized carbons (Fsp3) is 0.714. The van der Waals surface area contributed by atoms with E-state index >= 15 is 8.78 Å². The highest BCUT2D eigenvalue weighted by Crippen LogP contribution is 2.50. The van der Waals surface area contributed by atoms with Crippen molar-refractivity contribution >= 4 is 44.9 Å². The molecule has 1 saturated heterocycles. The quantitative estimate of drug-likeness (QED) is 0.293. The number of nitrogens with one attached hydrogen (secondary N) is 3. The van der Waals surface area contributed by atoms with Gasteiger partial charge in [-0.25, -0.2) is 32.0 Å². The van der Waals surface area contributed by atoms with Crippen LogP contribution in [0.2, 0.25) is 0 Å². The Kier molecular flexibility index (Phi) is 11.9. The first kappa shape index (κ1) is 45.5. The second-order valence-corrected chi connectivity index (χ2v) is 21.4. The van der Waals surface area contributed by atoms with Gasteiger partial charge in [0.2, 0.25) is 34.1 Å². The lowest BCUT2D eigenvalue weighted by Crippen LogP contribution is -2.61. The van der Waals surface area contributed by atoms with E-state index in [1.165, 1.54) is 33.1 Å². The van der Waals surface area contributed by atoms with E-state index in [4.69, 9.17) is 14.2 Å². The van der Waals surface area contributed by atoms with Crippen LogP contribution in [-0.4, -0.2) is 102 Å². The van der Waals surface area contributed by atoms with Crippen molar-refractivity contribution < 1.29 is 59.4 Å². The largest absolute Gasteiger partial charge is 0.497 e. The smallest absolute Gasteiger partial charge is 0.408 e. The number of alkyl carbamates (subject to hydrolysis) is 1. The summed E-state index contributed by atoms with van der Waals surface area (Å²) in [5, 5.41) is 5.10. The zero-order chi connectivity index (χ0) is 45.3. The Hall–Kier alpha value is -4.49. The Labute approximate surface area is 358 Å². The average molecular weight is 897 g/mol. The average Bonchev–Trinajstić information content (AvgIpc) is 4.07. The third-order valence-electron chi connectivity index (χ3n) is 13.7. The fourth-order valence-electron chi connectivity index (χ4n) is 9.24. The van der Waals surface area contributed by atoms with Gasteiger partial charge in [-0.3, -0.25) is 19.1 Å². The van der Waals surface area contributed by atoms with Gasteiger partial charge in [0.1, 0.15) is 35.6 Å². The second kappa shape index (κ2) is 16.3. The molecular formula is C42H56F4N6O9S. The molecule has 2 aromatic rings. The Balaban J connectivity index is 1.30. The van der Waals surface area contributed by atoms with E-state index in [1.807, 2.05) is 11.6 Å². The minimum Gasteiger partial charge on any atom is -0.497 e. The number of carbonyl (C=O) groups is 4. The van der Waals surface area contributed by atoms with E-state index in [-0.39, 0.29) is 42.1 Å². The number of nitrogens with zero attached hydrogens (tertiary/aromatic N) is 3. The van der Waals surface area contributed by atoms with Crippen LogP contribution in [0.3, 0.4) is 0 Å². The maximum atomic E-state index is 16.5. The molecule has 4 fully saturated rings. The molecule has 5 aliphatic rings. The van der Waals surface area contributed by atoms with Crippen LogP contribution in [0.25, 0.3) is 11.0 Å². The lowest BCUT2D eigenvalue weighted by molar-refractivity contribution is -0.143. The number of benzene rings is 1. The zero-order valence-corrected chi connectivity index (χ0v) is 36.8. The molecule has 2 aliphatic heterocycles. The van der Waals surface area contributed by atoms with Gasteiger partial charge < -0.3 is 29.7 Å². The SMILES string of the molecule is COc1ccc2nc3c(nc2c1)O[C@H]1CN(C(=O)[C@H](C(C)(C)C)NC(=O)O[C@@H]2CC[C@H](C)[C@H]2CCCCC3(F)F)[C@H](C(=O)N[C@]2(C(=O)NS(=O)(=O)C3(C)CC3)C[C@H]2C(F)F)[C@@H]1C. The molecule has 9 atom stereocenters. The number of rotatable bonds is 7. The number of fused-ring (bicyclic) bond motifs is 5. The van der Waals surface area contributed by atoms with E-state index in [0.29, 0.717) is 25.0 Å². The van der Waals surface area contributed by atoms with Crippen molar-refractivity contribution in [1.29, 1.82) is 0 Å². The number of hydrogen-bond acceptors (Lipinski definition) is 11. The molecule has 0 unspecified atom stereocenters. The topological polar surface area (TPSA) is 195 Å². The number of aromatic nitrogens is 2. The molecule has 62 heavy (non-hydrogen) atoms. The monoisotopic (exact) mass is 896 g/mol. The number of carbonyl (C=O) groups excluding carboxylic acids is 4. The van der Waals surface area contributed by atoms with Gasteiger partial charge in [0, 0.05) is 18.4 Å². The molecule has 2 bridgehead atoms. The number of sulfonamides is 1. The summed E-state index contributed by atoms with van der Waals surface area (Å²) in [5.41, 5.74) is -3.86. The molecule has 342 valence electrons. The van der Waals surface area contributed by atoms with Crippen molar-refractivity contribution in [2.75, 3.05) is 13.7 Å². The van der Waals surface area contributed by atoms with E-state index in [9.17, 15) is 36.4 Å². The molecule has 15 nitrogen and oxygen atoms in total. The molecule has 1 aromatic carbocycles. The van der Waals surface area contributed by atoms with Crippen LogP contribution in [0.4, 0.5) is 22.4 Å². The highest BCUT2D eigenvalue weighted by atomic mass is 32.2. The Bertz CT molecular complexity index is 2220. The number of ether oxygens (including phenoxy) is 3. The summed E-state index contributed by atoms with van der Waals surface area (Å²) in [4.78, 5) is 66.7. The maximum Gasteiger partial charge on any atom is 0.408 e. The first-order valence-corrected chi connectivity index (χ1v) is 22.7. The summed E-state index contributed by atoms with van der Waals surface area (Å²) in [6, 6.07) is 1.55. The molecule has 3 aliphatic carbocycles. The summed E-state index contributed by atoms with van der Waals surface area (Å²) >= 11 is 0. The third kappa shape index (κ3) is 8.60. The zero-order valence-electron chi connectivity index (χ0n) is 35.9. The molecule has 1 aromatic heterocycles. The van der Waals surface area contributed by atoms with Crippen molar-refractivity contribution in [3.63, 3.8) is 0 Å². The molecular weight excluding hydrogens is 841 g/mol. The first-order valence-electron chi connectivity index (χ1n) is 21.3. The van der Waals surface area contributed by atoms with Crippen LogP contribution < -0.4 is 24.8 Å². The first-order chi connectivity index (χ1) is 28.9. The standard InChI is InChI=1S/C42H56F4N6O9S/c1-21-11-14-28-24(21)10-8-9-15-42(45,46)31-35(48-27-18-23(59-7)12-13-26(27)47-31)60-29-20-52(36(54)32(39(3,4)5)49-38(56)61-28)30(22(29)2)34(53)50-41(19-25(41)33(43)44)37(55)51-62(57,58)40(6)16-17-40/h12-13,18,21-22,24-25,28-30,32-33H,8-11,14-17,19-20H2,1-7H3,(H,49,56)(H,50,53)(H,51,55)/t21-,22+,24+,25-,28+,29-,30-,32+,41+/m0/s1. The van der Waals surface area contributed by atoms with Gasteiger partial charge >= 0.3 is 6.09 Å². The molecule has 4 amide bonds. The number of hydrogen-bond donors (Lipinski definition) is 3. The van der Waals surface area contributed by atoms with Gasteiger partial charge in [-0.1, -0.05) is 41.0 Å². The van der Waals surface area contributed by atoms with Crippen LogP contribution in [0, 0.1) is 29.1 Å². The summed E-state index contributed by atoms with van der Waals surface area (Å²) in [6.07, 6.45) is -4.33. The van der Waals surface area contributed by atoms with Crippen LogP contribution in [0.15, 0.2) is 18.2 Å². The number of halogens is 4. The van der Waals surface area contributed by atoms with Crippen molar-refractivity contribution in [2.24, 2.45) is 29.1 Å². The predicted octanol–water partition coefficient (Wildman–Crippen LogP) is 5.59. The lowest BCUT2D eigenvalue weighted by Gasteiger charge is -2.36. The molecule has 20 heteroatoms. The summed E-state index contributed by atoms with van der Waals surface area (Å²) < 4.78 is 106. The van der Waals surface area contributed by atoms with Crippen LogP contribution in [0.1, 0.15) is 105 Å². The van der Waals surface area contributed by atoms with Crippen molar-refractivity contribution in [1.82, 2.24) is 30.2 Å². The lowest BCUT2D eigenvalue weighted by atomic mass is 9.85. The highest BCUT2D eigenvalue weighted by molar-refractivity contribution is 7.91. The van der Waals surface area contributed by atoms with Gasteiger partial charge in [0.15, 0.2) is 5.69 Å². The molecule has 3 N–H and O–H groups in total. The Morgan fingerprint density at radius 3 is 2.34 bits per heavy atom. The number of methoxy groups -OCH3 is 1. The van der Waals surface area contributed by atoms with Gasteiger partial charge in [0.25, 0.3) is 11.8 Å². The normalized spacial score (nSPS) is 32.3. The number of alkyl halides is 4. The summed E-state index contributed by atoms with van der Waals surface area (Å²) in [7, 11) is -2.90. The molecule has 0 spiro atoms. The summed E-state index contributed by atoms with van der Waals surface area (Å²) in [5.74, 6) is -9.90. The Morgan fingerprint density at radius 1 is 1.00 bits per heavy atom. The molecule has 3 heterocycles. The van der Waals surface area contributed by atoms with Crippen LogP contribution >= 0.6 is 0 Å².